The summed E-state index contributed by atoms with van der Waals surface area (Å²) < 4.78 is 31.6. The molecular weight excluding hydrogens is 536 g/mol. The molecule has 1 spiro atoms. The molecule has 11 atom stereocenters. The van der Waals surface area contributed by atoms with Crippen molar-refractivity contribution in [2.24, 2.45) is 17.8 Å². The fourth-order valence-electron chi connectivity index (χ4n) is 7.55. The van der Waals surface area contributed by atoms with Crippen molar-refractivity contribution in [2.75, 3.05) is 6.61 Å². The van der Waals surface area contributed by atoms with Crippen molar-refractivity contribution < 1.29 is 38.7 Å². The van der Waals surface area contributed by atoms with Gasteiger partial charge in [0.2, 0.25) is 0 Å². The number of aliphatic hydroxyl groups excluding tert-OH is 1. The van der Waals surface area contributed by atoms with Gasteiger partial charge in [-0.25, -0.2) is 0 Å². The third-order valence-corrected chi connectivity index (χ3v) is 9.85. The summed E-state index contributed by atoms with van der Waals surface area (Å²) in [6.07, 6.45) is 11.3. The Bertz CT molecular complexity index is 1120. The first-order valence-electron chi connectivity index (χ1n) is 16.0. The second-order valence-corrected chi connectivity index (χ2v) is 13.2. The van der Waals surface area contributed by atoms with Gasteiger partial charge in [0.25, 0.3) is 0 Å². The number of aliphatic hydroxyl groups is 2. The smallest absolute Gasteiger partial charge is 0.316 e. The molecule has 0 aromatic heterocycles. The van der Waals surface area contributed by atoms with E-state index in [1.54, 1.807) is 19.1 Å². The van der Waals surface area contributed by atoms with E-state index in [2.05, 4.69) is 39.8 Å². The third kappa shape index (κ3) is 6.08. The first kappa shape index (κ1) is 31.6. The van der Waals surface area contributed by atoms with E-state index in [1.807, 2.05) is 13.0 Å². The number of hydrogen-bond acceptors (Lipinski definition) is 8. The molecule has 0 unspecified atom stereocenters. The number of hydrogen-bond donors (Lipinski definition) is 2. The Morgan fingerprint density at radius 2 is 1.93 bits per heavy atom. The van der Waals surface area contributed by atoms with Gasteiger partial charge in [-0.3, -0.25) is 4.79 Å². The lowest BCUT2D eigenvalue weighted by Gasteiger charge is -2.50. The summed E-state index contributed by atoms with van der Waals surface area (Å²) in [7, 11) is 0. The second kappa shape index (κ2) is 12.7. The van der Waals surface area contributed by atoms with Crippen molar-refractivity contribution >= 4 is 5.97 Å². The van der Waals surface area contributed by atoms with E-state index >= 15 is 0 Å². The van der Waals surface area contributed by atoms with Crippen molar-refractivity contribution in [3.05, 3.63) is 47.1 Å². The summed E-state index contributed by atoms with van der Waals surface area (Å²) in [6, 6.07) is 0. The highest BCUT2D eigenvalue weighted by atomic mass is 16.7. The molecule has 0 radical (unpaired) electrons. The van der Waals surface area contributed by atoms with Crippen LogP contribution in [0.5, 0.6) is 0 Å². The molecule has 0 aromatic rings. The highest BCUT2D eigenvalue weighted by Crippen LogP contribution is 2.49. The van der Waals surface area contributed by atoms with Gasteiger partial charge >= 0.3 is 5.97 Å². The zero-order chi connectivity index (χ0) is 30.2. The van der Waals surface area contributed by atoms with Crippen LogP contribution in [0.1, 0.15) is 86.5 Å². The molecular formula is C34H50O8. The number of carbonyl (C=O) groups is 1. The van der Waals surface area contributed by atoms with Crippen LogP contribution in [0.4, 0.5) is 0 Å². The minimum absolute atomic E-state index is 0.0855. The van der Waals surface area contributed by atoms with E-state index < -0.39 is 47.9 Å². The average Bonchev–Trinajstić information content (AvgIpc) is 3.22. The van der Waals surface area contributed by atoms with Crippen LogP contribution < -0.4 is 0 Å². The predicted octanol–water partition coefficient (Wildman–Crippen LogP) is 5.29. The fourth-order valence-corrected chi connectivity index (χ4v) is 7.55. The summed E-state index contributed by atoms with van der Waals surface area (Å²) in [5, 5.41) is 23.4. The molecule has 4 heterocycles. The number of ether oxygens (including phenoxy) is 5. The monoisotopic (exact) mass is 586 g/mol. The Balaban J connectivity index is 1.54. The maximum absolute atomic E-state index is 14.1. The van der Waals surface area contributed by atoms with E-state index in [1.165, 1.54) is 5.57 Å². The van der Waals surface area contributed by atoms with Crippen LogP contribution in [0, 0.1) is 17.8 Å². The molecule has 0 aromatic carbocycles. The molecule has 2 N–H and O–H groups in total. The fraction of sp³-hybridized carbons (Fsp3) is 0.735. The van der Waals surface area contributed by atoms with Crippen LogP contribution >= 0.6 is 0 Å². The molecule has 3 fully saturated rings. The van der Waals surface area contributed by atoms with Gasteiger partial charge < -0.3 is 33.9 Å². The normalized spacial score (nSPS) is 47.9. The number of carbonyl (C=O) groups excluding carboxylic acids is 1. The molecule has 0 saturated carbocycles. The van der Waals surface area contributed by atoms with Gasteiger partial charge in [0, 0.05) is 31.4 Å². The van der Waals surface area contributed by atoms with Crippen molar-refractivity contribution in [3.63, 3.8) is 0 Å². The van der Waals surface area contributed by atoms with Crippen LogP contribution in [0.15, 0.2) is 47.1 Å². The molecule has 5 aliphatic rings. The van der Waals surface area contributed by atoms with Gasteiger partial charge in [0.05, 0.1) is 12.2 Å². The van der Waals surface area contributed by atoms with Gasteiger partial charge in [-0.15, -0.1) is 0 Å². The summed E-state index contributed by atoms with van der Waals surface area (Å²) in [4.78, 5) is 14.1. The van der Waals surface area contributed by atoms with E-state index in [4.69, 9.17) is 23.7 Å². The molecule has 2 bridgehead atoms. The molecule has 234 valence electrons. The molecule has 4 aliphatic heterocycles. The Morgan fingerprint density at radius 1 is 1.14 bits per heavy atom. The van der Waals surface area contributed by atoms with Crippen molar-refractivity contribution in [3.8, 4) is 0 Å². The summed E-state index contributed by atoms with van der Waals surface area (Å²) >= 11 is 0. The molecule has 3 saturated heterocycles. The van der Waals surface area contributed by atoms with E-state index in [0.29, 0.717) is 42.9 Å². The summed E-state index contributed by atoms with van der Waals surface area (Å²) in [5.41, 5.74) is 0.403. The Morgan fingerprint density at radius 3 is 2.67 bits per heavy atom. The number of rotatable bonds is 3. The highest BCUT2D eigenvalue weighted by molar-refractivity contribution is 5.78. The van der Waals surface area contributed by atoms with Crippen molar-refractivity contribution in [2.45, 2.75) is 135 Å². The van der Waals surface area contributed by atoms with Gasteiger partial charge in [-0.05, 0) is 63.9 Å². The summed E-state index contributed by atoms with van der Waals surface area (Å²) in [5.74, 6) is -1.75. The van der Waals surface area contributed by atoms with E-state index in [0.717, 1.165) is 25.7 Å². The minimum Gasteiger partial charge on any atom is -0.462 e. The van der Waals surface area contributed by atoms with E-state index in [-0.39, 0.29) is 18.1 Å². The lowest BCUT2D eigenvalue weighted by atomic mass is 9.70. The van der Waals surface area contributed by atoms with E-state index in [9.17, 15) is 15.0 Å². The standard InChI is InChI=1S/C34H50O8/c1-7-28-22(5)14-15-33(42-28)19-25-18-24(41-33)13-12-21(4)16-20(3)10-9-11-26-32(38-8-2)40-30-29(35)23(6)17-27(31(36)39-25)34(26,30)37/h9-12,17,20,22,24-25,27-30,32,35,37H,7-8,13-16,18-19H2,1-6H3/b10-9+,21-12+,26-11+/t20-,22-,24+,25-,27-,28+,29+,30+,32-,33+,34+/m0/s1. The first-order valence-corrected chi connectivity index (χ1v) is 16.0. The van der Waals surface area contributed by atoms with Crippen molar-refractivity contribution in [1.29, 1.82) is 0 Å². The van der Waals surface area contributed by atoms with Crippen LogP contribution in [0.3, 0.4) is 0 Å². The summed E-state index contributed by atoms with van der Waals surface area (Å²) in [6.45, 7) is 12.6. The lowest BCUT2D eigenvalue weighted by molar-refractivity contribution is -0.335. The van der Waals surface area contributed by atoms with Gasteiger partial charge in [-0.1, -0.05) is 56.7 Å². The largest absolute Gasteiger partial charge is 0.462 e. The zero-order valence-corrected chi connectivity index (χ0v) is 26.1. The highest BCUT2D eigenvalue weighted by Gasteiger charge is 2.63. The maximum Gasteiger partial charge on any atom is 0.316 e. The van der Waals surface area contributed by atoms with Gasteiger partial charge in [0.1, 0.15) is 29.8 Å². The van der Waals surface area contributed by atoms with Crippen LogP contribution in [0.2, 0.25) is 0 Å². The predicted molar refractivity (Wildman–Crippen MR) is 158 cm³/mol. The van der Waals surface area contributed by atoms with Crippen LogP contribution in [0.25, 0.3) is 0 Å². The molecule has 8 heteroatoms. The topological polar surface area (TPSA) is 104 Å². The second-order valence-electron chi connectivity index (χ2n) is 13.2. The van der Waals surface area contributed by atoms with Gasteiger partial charge in [0.15, 0.2) is 12.1 Å². The maximum atomic E-state index is 14.1. The number of esters is 1. The third-order valence-electron chi connectivity index (χ3n) is 9.85. The molecule has 42 heavy (non-hydrogen) atoms. The Labute approximate surface area is 250 Å². The quantitative estimate of drug-likeness (QED) is 0.340. The Hall–Kier alpha value is -1.81. The molecule has 8 nitrogen and oxygen atoms in total. The Kier molecular flexibility index (Phi) is 9.53. The number of fused-ring (bicyclic) bond motifs is 2. The van der Waals surface area contributed by atoms with Gasteiger partial charge in [-0.2, -0.15) is 0 Å². The SMILES string of the molecule is CCO[C@H]1O[C@@H]2[C@H](O)C(C)=C[C@H]3C(=O)O[C@H]4C[C@@H](C/C=C(\C)C[C@@H](C)/C=C/C=C\1[C@]23O)O[C@@]1(CC[C@H](C)[C@@H](CC)O1)C4. The van der Waals surface area contributed by atoms with Crippen LogP contribution in [-0.4, -0.2) is 71.0 Å². The first-order chi connectivity index (χ1) is 20.0. The molecule has 5 rings (SSSR count). The zero-order valence-electron chi connectivity index (χ0n) is 26.1. The molecule has 0 amide bonds. The minimum atomic E-state index is -1.83. The average molecular weight is 587 g/mol. The van der Waals surface area contributed by atoms with Crippen LogP contribution in [-0.2, 0) is 28.5 Å². The lowest BCUT2D eigenvalue weighted by Crippen LogP contribution is -2.58. The number of allylic oxidation sites excluding steroid dienone is 4. The molecule has 1 aliphatic carbocycles. The van der Waals surface area contributed by atoms with Crippen molar-refractivity contribution in [1.82, 2.24) is 0 Å².